The van der Waals surface area contributed by atoms with E-state index >= 15 is 8.78 Å². The lowest BCUT2D eigenvalue weighted by Gasteiger charge is -2.44. The van der Waals surface area contributed by atoms with Gasteiger partial charge in [0, 0.05) is 18.3 Å². The number of likely N-dealkylation sites (tertiary alicyclic amines) is 1. The average molecular weight is 521 g/mol. The van der Waals surface area contributed by atoms with Gasteiger partial charge in [0.25, 0.3) is 12.3 Å². The maximum absolute atomic E-state index is 15.0. The van der Waals surface area contributed by atoms with Gasteiger partial charge < -0.3 is 14.8 Å². The highest BCUT2D eigenvalue weighted by molar-refractivity contribution is 5.89. The number of nitrogens with zero attached hydrogens (tertiary/aromatic N) is 7. The molecule has 37 heavy (non-hydrogen) atoms. The summed E-state index contributed by atoms with van der Waals surface area (Å²) in [5.41, 5.74) is 2.72. The van der Waals surface area contributed by atoms with Gasteiger partial charge in [0.1, 0.15) is 17.6 Å². The number of fused-ring (bicyclic) bond motifs is 2. The van der Waals surface area contributed by atoms with Crippen molar-refractivity contribution in [1.82, 2.24) is 34.5 Å². The molecular weight excluding hydrogens is 496 g/mol. The maximum atomic E-state index is 15.0. The molecule has 10 nitrogen and oxygen atoms in total. The van der Waals surface area contributed by atoms with Crippen LogP contribution in [0.5, 0.6) is 5.88 Å². The summed E-state index contributed by atoms with van der Waals surface area (Å²) in [5.74, 6) is -3.00. The van der Waals surface area contributed by atoms with Gasteiger partial charge in [-0.25, -0.2) is 26.8 Å². The monoisotopic (exact) mass is 521 g/mol. The quantitative estimate of drug-likeness (QED) is 0.371. The number of hydrogen-bond acceptors (Lipinski definition) is 8. The Morgan fingerprint density at radius 1 is 1.30 bits per heavy atom. The number of rotatable bonds is 7. The Balaban J connectivity index is 1.29. The highest BCUT2D eigenvalue weighted by Gasteiger charge is 2.47. The van der Waals surface area contributed by atoms with Gasteiger partial charge in [0.15, 0.2) is 0 Å². The van der Waals surface area contributed by atoms with E-state index in [1.807, 2.05) is 0 Å². The van der Waals surface area contributed by atoms with Gasteiger partial charge in [-0.15, -0.1) is 10.2 Å². The summed E-state index contributed by atoms with van der Waals surface area (Å²) in [6.45, 7) is -0.604. The molecule has 4 aromatic rings. The van der Waals surface area contributed by atoms with Crippen molar-refractivity contribution < 1.29 is 28.4 Å². The van der Waals surface area contributed by atoms with Crippen LogP contribution in [0, 0.1) is 0 Å². The number of hydrogen-bond donors (Lipinski definition) is 1. The Kier molecular flexibility index (Phi) is 5.57. The zero-order chi connectivity index (χ0) is 26.7. The largest absolute Gasteiger partial charge is 0.479 e. The third kappa shape index (κ3) is 4.33. The molecule has 1 atom stereocenters. The van der Waals surface area contributed by atoms with E-state index in [-0.39, 0.29) is 31.5 Å². The molecule has 0 aliphatic carbocycles. The standard InChI is InChI=1S/C23H24F4N8O2/c1-36-21-20-15(13-2-3-16-17(8-13)35(32-30-16)9-19(24)25)4-7-34(20)31-22(29-21)28-18-5-6-33(12-23(18,26)27)14-10-37-11-14/h2-4,7-8,14,18-19H,5-6,9-12H2,1H3,(H,28,31)/t18-/m1/s1/i14D. The van der Waals surface area contributed by atoms with Gasteiger partial charge in [0.05, 0.1) is 45.8 Å². The lowest BCUT2D eigenvalue weighted by molar-refractivity contribution is -0.131. The van der Waals surface area contributed by atoms with Crippen LogP contribution in [0.15, 0.2) is 30.5 Å². The minimum atomic E-state index is -3.13. The zero-order valence-corrected chi connectivity index (χ0v) is 19.7. The van der Waals surface area contributed by atoms with E-state index in [1.54, 1.807) is 30.5 Å². The molecule has 3 aromatic heterocycles. The normalized spacial score (nSPS) is 21.8. The molecule has 0 unspecified atom stereocenters. The summed E-state index contributed by atoms with van der Waals surface area (Å²) < 4.78 is 77.4. The molecule has 0 spiro atoms. The molecule has 2 aliphatic heterocycles. The molecule has 0 radical (unpaired) electrons. The van der Waals surface area contributed by atoms with Crippen molar-refractivity contribution in [3.05, 3.63) is 30.5 Å². The summed E-state index contributed by atoms with van der Waals surface area (Å²) in [4.78, 5) is 5.80. The number of halogens is 4. The van der Waals surface area contributed by atoms with Crippen molar-refractivity contribution in [2.24, 2.45) is 0 Å². The first-order valence-corrected chi connectivity index (χ1v) is 11.7. The zero-order valence-electron chi connectivity index (χ0n) is 20.7. The van der Waals surface area contributed by atoms with Gasteiger partial charge >= 0.3 is 0 Å². The molecule has 1 N–H and O–H groups in total. The summed E-state index contributed by atoms with van der Waals surface area (Å²) in [5, 5.41) is 14.9. The van der Waals surface area contributed by atoms with Crippen LogP contribution in [0.25, 0.3) is 27.7 Å². The third-order valence-corrected chi connectivity index (χ3v) is 6.70. The Labute approximate surface area is 209 Å². The average Bonchev–Trinajstić information content (AvgIpc) is 3.46. The molecular formula is C23H24F4N8O2. The van der Waals surface area contributed by atoms with Crippen LogP contribution in [-0.2, 0) is 11.3 Å². The highest BCUT2D eigenvalue weighted by Crippen LogP contribution is 2.35. The predicted octanol–water partition coefficient (Wildman–Crippen LogP) is 2.94. The second-order valence-corrected chi connectivity index (χ2v) is 9.06. The first kappa shape index (κ1) is 22.7. The number of aromatic nitrogens is 6. The molecule has 2 saturated heterocycles. The fourth-order valence-electron chi connectivity index (χ4n) is 4.75. The lowest BCUT2D eigenvalue weighted by atomic mass is 9.98. The number of alkyl halides is 4. The van der Waals surface area contributed by atoms with Crippen LogP contribution in [0.3, 0.4) is 0 Å². The number of anilines is 1. The SMILES string of the molecule is [2H]C1(N2CC[C@@H](Nc3nc(OC)c4c(-c5ccc6nnn(CC(F)F)c6c5)ccn4n3)C(F)(F)C2)COC1. The molecule has 2 fully saturated rings. The van der Waals surface area contributed by atoms with Crippen molar-refractivity contribution in [3.63, 3.8) is 0 Å². The lowest BCUT2D eigenvalue weighted by Crippen LogP contribution is -2.61. The smallest absolute Gasteiger partial charge is 0.280 e. The molecule has 0 saturated carbocycles. The van der Waals surface area contributed by atoms with Crippen molar-refractivity contribution in [1.29, 1.82) is 0 Å². The van der Waals surface area contributed by atoms with Gasteiger partial charge in [-0.1, -0.05) is 11.3 Å². The van der Waals surface area contributed by atoms with Crippen LogP contribution < -0.4 is 10.1 Å². The van der Waals surface area contributed by atoms with Gasteiger partial charge in [0.2, 0.25) is 11.8 Å². The summed E-state index contributed by atoms with van der Waals surface area (Å²) in [6, 6.07) is 4.55. The second kappa shape index (κ2) is 9.10. The van der Waals surface area contributed by atoms with E-state index in [9.17, 15) is 8.78 Å². The third-order valence-electron chi connectivity index (χ3n) is 6.70. The Bertz CT molecular complexity index is 1490. The van der Waals surface area contributed by atoms with Gasteiger partial charge in [-0.2, -0.15) is 4.98 Å². The number of ether oxygens (including phenoxy) is 2. The van der Waals surface area contributed by atoms with Crippen molar-refractivity contribution >= 4 is 22.5 Å². The van der Waals surface area contributed by atoms with Crippen LogP contribution in [-0.4, -0.2) is 92.3 Å². The molecule has 6 rings (SSSR count). The van der Waals surface area contributed by atoms with Crippen molar-refractivity contribution in [2.75, 3.05) is 38.7 Å². The molecule has 14 heteroatoms. The summed E-state index contributed by atoms with van der Waals surface area (Å²) in [6.07, 6.45) is -0.854. The Morgan fingerprint density at radius 3 is 2.84 bits per heavy atom. The first-order chi connectivity index (χ1) is 18.2. The molecule has 2 aliphatic rings. The van der Waals surface area contributed by atoms with Gasteiger partial charge in [-0.3, -0.25) is 4.90 Å². The predicted molar refractivity (Wildman–Crippen MR) is 125 cm³/mol. The minimum absolute atomic E-state index is 0.0307. The van der Waals surface area contributed by atoms with Crippen LogP contribution in [0.4, 0.5) is 23.5 Å². The molecule has 1 aromatic carbocycles. The maximum Gasteiger partial charge on any atom is 0.280 e. The van der Waals surface area contributed by atoms with E-state index in [4.69, 9.17) is 10.8 Å². The van der Waals surface area contributed by atoms with E-state index in [2.05, 4.69) is 25.7 Å². The number of methoxy groups -OCH3 is 1. The van der Waals surface area contributed by atoms with Gasteiger partial charge in [-0.05, 0) is 30.2 Å². The fraction of sp³-hybridized carbons (Fsp3) is 0.478. The van der Waals surface area contributed by atoms with E-state index in [1.165, 1.54) is 16.5 Å². The van der Waals surface area contributed by atoms with E-state index in [0.717, 1.165) is 4.68 Å². The van der Waals surface area contributed by atoms with E-state index < -0.39 is 37.5 Å². The molecule has 0 amide bonds. The Hall–Kier alpha value is -3.52. The number of benzene rings is 1. The number of nitrogens with one attached hydrogen (secondary N) is 1. The van der Waals surface area contributed by atoms with Crippen LogP contribution >= 0.6 is 0 Å². The second-order valence-electron chi connectivity index (χ2n) is 9.06. The van der Waals surface area contributed by atoms with E-state index in [0.29, 0.717) is 34.2 Å². The molecule has 5 heterocycles. The van der Waals surface area contributed by atoms with Crippen molar-refractivity contribution in [3.8, 4) is 17.0 Å². The number of piperidine rings is 1. The first-order valence-electron chi connectivity index (χ1n) is 12.2. The Morgan fingerprint density at radius 2 is 2.14 bits per heavy atom. The van der Waals surface area contributed by atoms with Crippen molar-refractivity contribution in [2.45, 2.75) is 37.4 Å². The summed E-state index contributed by atoms with van der Waals surface area (Å²) in [7, 11) is 1.41. The molecule has 196 valence electrons. The topological polar surface area (TPSA) is 94.6 Å². The van der Waals surface area contributed by atoms with Crippen LogP contribution in [0.2, 0.25) is 0 Å². The van der Waals surface area contributed by atoms with Crippen LogP contribution in [0.1, 0.15) is 7.79 Å². The fourth-order valence-corrected chi connectivity index (χ4v) is 4.75. The summed E-state index contributed by atoms with van der Waals surface area (Å²) >= 11 is 0. The minimum Gasteiger partial charge on any atom is -0.479 e. The highest BCUT2D eigenvalue weighted by atomic mass is 19.3. The molecule has 0 bridgehead atoms.